The van der Waals surface area contributed by atoms with Gasteiger partial charge in [0.25, 0.3) is 0 Å². The third kappa shape index (κ3) is 3.80. The van der Waals surface area contributed by atoms with Gasteiger partial charge in [-0.25, -0.2) is 4.98 Å². The van der Waals surface area contributed by atoms with Crippen LogP contribution in [-0.2, 0) is 9.59 Å². The molecule has 3 aromatic carbocycles. The standard InChI is InChI=1S/C25H22N4O3/c1-32-20-6-4-5-19(14-20)29-15-17(13-23(29)30)25(31)26-18-11-9-16(10-12-18)24-27-21-7-2-3-8-22(21)28-24/h2-12,14,17H,13,15H2,1H3,(H,26,31)(H,27,28)/t17-/m1/s1. The Morgan fingerprint density at radius 2 is 1.91 bits per heavy atom. The number of H-pyrrole nitrogens is 1. The number of aromatic amines is 1. The lowest BCUT2D eigenvalue weighted by atomic mass is 10.1. The quantitative estimate of drug-likeness (QED) is 0.500. The van der Waals surface area contributed by atoms with E-state index in [0.29, 0.717) is 18.0 Å². The van der Waals surface area contributed by atoms with Gasteiger partial charge in [0.05, 0.1) is 24.1 Å². The number of aromatic nitrogens is 2. The van der Waals surface area contributed by atoms with Crippen molar-refractivity contribution in [3.8, 4) is 17.1 Å². The Labute approximate surface area is 185 Å². The predicted molar refractivity (Wildman–Crippen MR) is 124 cm³/mol. The fraction of sp³-hybridized carbons (Fsp3) is 0.160. The van der Waals surface area contributed by atoms with Crippen LogP contribution in [0.1, 0.15) is 6.42 Å². The molecule has 0 spiro atoms. The molecule has 0 saturated carbocycles. The minimum absolute atomic E-state index is 0.0707. The minimum Gasteiger partial charge on any atom is -0.497 e. The lowest BCUT2D eigenvalue weighted by molar-refractivity contribution is -0.122. The minimum atomic E-state index is -0.413. The fourth-order valence-corrected chi connectivity index (χ4v) is 3.96. The van der Waals surface area contributed by atoms with E-state index in [0.717, 1.165) is 28.1 Å². The highest BCUT2D eigenvalue weighted by Crippen LogP contribution is 2.29. The summed E-state index contributed by atoms with van der Waals surface area (Å²) in [6.07, 6.45) is 0.181. The molecule has 2 amide bonds. The van der Waals surface area contributed by atoms with Crippen molar-refractivity contribution in [1.82, 2.24) is 9.97 Å². The molecule has 2 N–H and O–H groups in total. The van der Waals surface area contributed by atoms with Gasteiger partial charge in [0.2, 0.25) is 11.8 Å². The van der Waals surface area contributed by atoms with E-state index in [1.165, 1.54) is 0 Å². The number of imidazole rings is 1. The van der Waals surface area contributed by atoms with Gasteiger partial charge < -0.3 is 19.9 Å². The normalized spacial score (nSPS) is 15.8. The molecule has 1 saturated heterocycles. The number of hydrogen-bond acceptors (Lipinski definition) is 4. The summed E-state index contributed by atoms with van der Waals surface area (Å²) in [5, 5.41) is 2.93. The summed E-state index contributed by atoms with van der Waals surface area (Å²) in [7, 11) is 1.58. The molecule has 160 valence electrons. The molecule has 32 heavy (non-hydrogen) atoms. The van der Waals surface area contributed by atoms with Crippen LogP contribution in [0, 0.1) is 5.92 Å². The molecule has 7 nitrogen and oxygen atoms in total. The molecule has 1 aliphatic rings. The topological polar surface area (TPSA) is 87.3 Å². The molecule has 5 rings (SSSR count). The average molecular weight is 426 g/mol. The van der Waals surface area contributed by atoms with Gasteiger partial charge in [-0.1, -0.05) is 18.2 Å². The van der Waals surface area contributed by atoms with E-state index in [4.69, 9.17) is 4.74 Å². The van der Waals surface area contributed by atoms with Crippen molar-refractivity contribution >= 4 is 34.2 Å². The SMILES string of the molecule is COc1cccc(N2C[C@H](C(=O)Nc3ccc(-c4nc5ccccc5[nH]4)cc3)CC2=O)c1. The zero-order valence-corrected chi connectivity index (χ0v) is 17.5. The first-order valence-corrected chi connectivity index (χ1v) is 10.4. The molecule has 1 atom stereocenters. The van der Waals surface area contributed by atoms with Crippen LogP contribution in [-0.4, -0.2) is 35.4 Å². The predicted octanol–water partition coefficient (Wildman–Crippen LogP) is 4.23. The van der Waals surface area contributed by atoms with Crippen LogP contribution in [0.3, 0.4) is 0 Å². The summed E-state index contributed by atoms with van der Waals surface area (Å²) in [5.41, 5.74) is 4.24. The van der Waals surface area contributed by atoms with E-state index in [2.05, 4.69) is 15.3 Å². The Balaban J connectivity index is 1.26. The third-order valence-corrected chi connectivity index (χ3v) is 5.68. The number of fused-ring (bicyclic) bond motifs is 1. The highest BCUT2D eigenvalue weighted by Gasteiger charge is 2.35. The van der Waals surface area contributed by atoms with Crippen molar-refractivity contribution in [2.24, 2.45) is 5.92 Å². The van der Waals surface area contributed by atoms with Crippen molar-refractivity contribution in [3.63, 3.8) is 0 Å². The van der Waals surface area contributed by atoms with E-state index in [-0.39, 0.29) is 18.2 Å². The largest absolute Gasteiger partial charge is 0.497 e. The number of nitrogens with zero attached hydrogens (tertiary/aromatic N) is 2. The maximum Gasteiger partial charge on any atom is 0.229 e. The molecule has 1 aromatic heterocycles. The Morgan fingerprint density at radius 1 is 1.09 bits per heavy atom. The smallest absolute Gasteiger partial charge is 0.229 e. The fourth-order valence-electron chi connectivity index (χ4n) is 3.96. The van der Waals surface area contributed by atoms with Gasteiger partial charge in [-0.05, 0) is 48.5 Å². The highest BCUT2D eigenvalue weighted by atomic mass is 16.5. The second-order valence-electron chi connectivity index (χ2n) is 7.78. The van der Waals surface area contributed by atoms with Crippen LogP contribution in [0.5, 0.6) is 5.75 Å². The van der Waals surface area contributed by atoms with E-state index >= 15 is 0 Å². The first kappa shape index (κ1) is 19.8. The molecule has 1 aliphatic heterocycles. The molecule has 0 radical (unpaired) electrons. The number of para-hydroxylation sites is 2. The number of benzene rings is 3. The van der Waals surface area contributed by atoms with Gasteiger partial charge in [-0.15, -0.1) is 0 Å². The molecule has 1 fully saturated rings. The van der Waals surface area contributed by atoms with Crippen LogP contribution >= 0.6 is 0 Å². The molecule has 4 aromatic rings. The molecule has 0 bridgehead atoms. The Morgan fingerprint density at radius 3 is 2.69 bits per heavy atom. The van der Waals surface area contributed by atoms with Crippen molar-refractivity contribution in [1.29, 1.82) is 0 Å². The van der Waals surface area contributed by atoms with Gasteiger partial charge in [-0.2, -0.15) is 0 Å². The van der Waals surface area contributed by atoms with Crippen LogP contribution in [0.2, 0.25) is 0 Å². The van der Waals surface area contributed by atoms with E-state index in [9.17, 15) is 9.59 Å². The third-order valence-electron chi connectivity index (χ3n) is 5.68. The summed E-state index contributed by atoms with van der Waals surface area (Å²) in [5.74, 6) is 0.801. The highest BCUT2D eigenvalue weighted by molar-refractivity contribution is 6.03. The number of nitrogens with one attached hydrogen (secondary N) is 2. The number of anilines is 2. The number of amides is 2. The van der Waals surface area contributed by atoms with E-state index < -0.39 is 5.92 Å². The number of rotatable bonds is 5. The number of methoxy groups -OCH3 is 1. The Hall–Kier alpha value is -4.13. The molecule has 0 aliphatic carbocycles. The van der Waals surface area contributed by atoms with Crippen LogP contribution in [0.25, 0.3) is 22.4 Å². The van der Waals surface area contributed by atoms with Gasteiger partial charge in [0.1, 0.15) is 11.6 Å². The summed E-state index contributed by atoms with van der Waals surface area (Å²) in [4.78, 5) is 34.8. The summed E-state index contributed by atoms with van der Waals surface area (Å²) >= 11 is 0. The second-order valence-corrected chi connectivity index (χ2v) is 7.78. The van der Waals surface area contributed by atoms with Crippen molar-refractivity contribution < 1.29 is 14.3 Å². The summed E-state index contributed by atoms with van der Waals surface area (Å²) in [6, 6.07) is 22.7. The molecule has 7 heteroatoms. The number of carbonyl (C=O) groups is 2. The Bertz CT molecular complexity index is 1260. The maximum atomic E-state index is 12.8. The first-order valence-electron chi connectivity index (χ1n) is 10.4. The molecular weight excluding hydrogens is 404 g/mol. The average Bonchev–Trinajstić information content (AvgIpc) is 3.43. The van der Waals surface area contributed by atoms with Crippen molar-refractivity contribution in [2.45, 2.75) is 6.42 Å². The van der Waals surface area contributed by atoms with E-state index in [1.807, 2.05) is 66.7 Å². The molecular formula is C25H22N4O3. The lowest BCUT2D eigenvalue weighted by Gasteiger charge is -2.17. The molecule has 0 unspecified atom stereocenters. The second kappa shape index (κ2) is 8.19. The Kier molecular flexibility index (Phi) is 5.07. The van der Waals surface area contributed by atoms with Crippen molar-refractivity contribution in [3.05, 3.63) is 72.8 Å². The van der Waals surface area contributed by atoms with Gasteiger partial charge >= 0.3 is 0 Å². The van der Waals surface area contributed by atoms with Crippen molar-refractivity contribution in [2.75, 3.05) is 23.9 Å². The zero-order valence-electron chi connectivity index (χ0n) is 17.5. The van der Waals surface area contributed by atoms with Gasteiger partial charge in [0.15, 0.2) is 0 Å². The lowest BCUT2D eigenvalue weighted by Crippen LogP contribution is -2.28. The maximum absolute atomic E-state index is 12.8. The van der Waals surface area contributed by atoms with E-state index in [1.54, 1.807) is 18.1 Å². The summed E-state index contributed by atoms with van der Waals surface area (Å²) < 4.78 is 5.24. The van der Waals surface area contributed by atoms with Gasteiger partial charge in [-0.3, -0.25) is 9.59 Å². The van der Waals surface area contributed by atoms with Crippen LogP contribution in [0.4, 0.5) is 11.4 Å². The molecule has 2 heterocycles. The summed E-state index contributed by atoms with van der Waals surface area (Å²) in [6.45, 7) is 0.342. The monoisotopic (exact) mass is 426 g/mol. The van der Waals surface area contributed by atoms with Crippen LogP contribution < -0.4 is 15.0 Å². The number of hydrogen-bond donors (Lipinski definition) is 2. The number of carbonyl (C=O) groups excluding carboxylic acids is 2. The first-order chi connectivity index (χ1) is 15.6. The number of ether oxygens (including phenoxy) is 1. The van der Waals surface area contributed by atoms with Gasteiger partial charge in [0, 0.05) is 36.0 Å². The van der Waals surface area contributed by atoms with Crippen LogP contribution in [0.15, 0.2) is 72.8 Å². The zero-order chi connectivity index (χ0) is 22.1.